The van der Waals surface area contributed by atoms with E-state index in [1.54, 1.807) is 0 Å². The van der Waals surface area contributed by atoms with Crippen molar-refractivity contribution in [2.75, 3.05) is 18.4 Å². The van der Waals surface area contributed by atoms with Gasteiger partial charge in [0.15, 0.2) is 0 Å². The molecule has 3 rings (SSSR count). The molecule has 0 aromatic heterocycles. The van der Waals surface area contributed by atoms with Gasteiger partial charge in [-0.1, -0.05) is 11.6 Å². The van der Waals surface area contributed by atoms with Gasteiger partial charge >= 0.3 is 13.1 Å². The molecule has 2 aliphatic heterocycles. The number of hydrogen-bond acceptors (Lipinski definition) is 3. The molecule has 2 amide bonds. The zero-order valence-corrected chi connectivity index (χ0v) is 15.3. The Morgan fingerprint density at radius 1 is 1.12 bits per heavy atom. The van der Waals surface area contributed by atoms with E-state index in [1.165, 1.54) is 0 Å². The second-order valence-corrected chi connectivity index (χ2v) is 7.78. The number of aryl methyl sites for hydroxylation is 1. The fraction of sp³-hybridized carbons (Fsp3) is 0.611. The minimum Gasteiger partial charge on any atom is -0.399 e. The van der Waals surface area contributed by atoms with Gasteiger partial charge in [0.05, 0.1) is 11.2 Å². The van der Waals surface area contributed by atoms with Crippen LogP contribution >= 0.6 is 0 Å². The molecule has 1 aromatic rings. The lowest BCUT2D eigenvalue weighted by Gasteiger charge is -2.32. The van der Waals surface area contributed by atoms with Gasteiger partial charge in [0.25, 0.3) is 0 Å². The maximum absolute atomic E-state index is 12.3. The average Bonchev–Trinajstić information content (AvgIpc) is 3.08. The van der Waals surface area contributed by atoms with Crippen LogP contribution in [0.15, 0.2) is 18.2 Å². The summed E-state index contributed by atoms with van der Waals surface area (Å²) in [6.45, 7) is 11.9. The molecule has 1 N–H and O–H groups in total. The first-order chi connectivity index (χ1) is 11.2. The fourth-order valence-corrected chi connectivity index (χ4v) is 3.06. The van der Waals surface area contributed by atoms with Crippen molar-refractivity contribution >= 4 is 24.3 Å². The van der Waals surface area contributed by atoms with Crippen LogP contribution in [-0.2, 0) is 9.31 Å². The van der Waals surface area contributed by atoms with Crippen LogP contribution in [0, 0.1) is 6.92 Å². The topological polar surface area (TPSA) is 50.8 Å². The molecule has 0 aliphatic carbocycles. The molecule has 2 aliphatic rings. The van der Waals surface area contributed by atoms with Gasteiger partial charge in [0, 0.05) is 18.8 Å². The second kappa shape index (κ2) is 6.08. The predicted octanol–water partition coefficient (Wildman–Crippen LogP) is 2.92. The van der Waals surface area contributed by atoms with E-state index in [2.05, 4.69) is 5.32 Å². The summed E-state index contributed by atoms with van der Waals surface area (Å²) in [5.41, 5.74) is 2.08. The molecular weight excluding hydrogens is 303 g/mol. The van der Waals surface area contributed by atoms with E-state index in [0.29, 0.717) is 0 Å². The van der Waals surface area contributed by atoms with Crippen molar-refractivity contribution in [3.8, 4) is 0 Å². The van der Waals surface area contributed by atoms with Gasteiger partial charge in [-0.15, -0.1) is 0 Å². The van der Waals surface area contributed by atoms with Gasteiger partial charge in [-0.25, -0.2) is 4.79 Å². The average molecular weight is 330 g/mol. The maximum atomic E-state index is 12.3. The number of carbonyl (C=O) groups is 1. The Morgan fingerprint density at radius 3 is 2.29 bits per heavy atom. The molecule has 0 saturated carbocycles. The van der Waals surface area contributed by atoms with E-state index in [9.17, 15) is 4.79 Å². The van der Waals surface area contributed by atoms with E-state index >= 15 is 0 Å². The zero-order valence-electron chi connectivity index (χ0n) is 15.3. The molecular formula is C18H27BN2O3. The van der Waals surface area contributed by atoms with Crippen molar-refractivity contribution in [3.63, 3.8) is 0 Å². The summed E-state index contributed by atoms with van der Waals surface area (Å²) < 4.78 is 12.3. The summed E-state index contributed by atoms with van der Waals surface area (Å²) in [6, 6.07) is 5.86. The molecule has 0 radical (unpaired) electrons. The molecule has 5 nitrogen and oxygen atoms in total. The van der Waals surface area contributed by atoms with Crippen LogP contribution in [0.5, 0.6) is 0 Å². The lowest BCUT2D eigenvalue weighted by atomic mass is 9.76. The van der Waals surface area contributed by atoms with Crippen molar-refractivity contribution in [1.29, 1.82) is 0 Å². The molecule has 0 spiro atoms. The summed E-state index contributed by atoms with van der Waals surface area (Å²) in [6.07, 6.45) is 2.17. The summed E-state index contributed by atoms with van der Waals surface area (Å²) in [5, 5.41) is 2.99. The Labute approximate surface area is 144 Å². The highest BCUT2D eigenvalue weighted by Gasteiger charge is 2.52. The van der Waals surface area contributed by atoms with Crippen LogP contribution < -0.4 is 10.8 Å². The summed E-state index contributed by atoms with van der Waals surface area (Å²) in [4.78, 5) is 14.1. The Hall–Kier alpha value is -1.53. The molecule has 1 aromatic carbocycles. The summed E-state index contributed by atoms with van der Waals surface area (Å²) in [7, 11) is -0.418. The standard InChI is InChI=1S/C18H27BN2O3/c1-13-8-9-14(20-16(22)21-10-6-7-11-21)12-15(13)19-23-17(2,3)18(4,5)24-19/h8-9,12H,6-7,10-11H2,1-5H3,(H,20,22). The van der Waals surface area contributed by atoms with Gasteiger partial charge in [-0.3, -0.25) is 0 Å². The normalized spacial score (nSPS) is 22.0. The SMILES string of the molecule is Cc1ccc(NC(=O)N2CCCC2)cc1B1OC(C)(C)C(C)(C)O1. The van der Waals surface area contributed by atoms with Gasteiger partial charge in [-0.2, -0.15) is 0 Å². The number of amides is 2. The number of benzene rings is 1. The van der Waals surface area contributed by atoms with E-state index in [1.807, 2.05) is 57.7 Å². The lowest BCUT2D eigenvalue weighted by Crippen LogP contribution is -2.41. The number of rotatable bonds is 2. The summed E-state index contributed by atoms with van der Waals surface area (Å²) >= 11 is 0. The van der Waals surface area contributed by atoms with Crippen molar-refractivity contribution in [2.24, 2.45) is 0 Å². The number of urea groups is 1. The Morgan fingerprint density at radius 2 is 1.71 bits per heavy atom. The molecule has 24 heavy (non-hydrogen) atoms. The van der Waals surface area contributed by atoms with Crippen molar-refractivity contribution in [2.45, 2.75) is 58.7 Å². The highest BCUT2D eigenvalue weighted by atomic mass is 16.7. The second-order valence-electron chi connectivity index (χ2n) is 7.78. The first-order valence-electron chi connectivity index (χ1n) is 8.72. The van der Waals surface area contributed by atoms with Crippen LogP contribution in [-0.4, -0.2) is 42.3 Å². The highest BCUT2D eigenvalue weighted by Crippen LogP contribution is 2.36. The fourth-order valence-electron chi connectivity index (χ4n) is 3.06. The zero-order chi connectivity index (χ0) is 17.5. The number of nitrogens with one attached hydrogen (secondary N) is 1. The first kappa shape index (κ1) is 17.3. The number of nitrogens with zero attached hydrogens (tertiary/aromatic N) is 1. The Kier molecular flexibility index (Phi) is 4.38. The van der Waals surface area contributed by atoms with Crippen LogP contribution in [0.4, 0.5) is 10.5 Å². The van der Waals surface area contributed by atoms with E-state index in [-0.39, 0.29) is 17.2 Å². The van der Waals surface area contributed by atoms with Gasteiger partial charge < -0.3 is 19.5 Å². The number of anilines is 1. The molecule has 6 heteroatoms. The lowest BCUT2D eigenvalue weighted by molar-refractivity contribution is 0.00578. The Bertz CT molecular complexity index is 623. The molecule has 0 unspecified atom stereocenters. The molecule has 2 heterocycles. The minimum atomic E-state index is -0.418. The minimum absolute atomic E-state index is 0.0313. The summed E-state index contributed by atoms with van der Waals surface area (Å²) in [5.74, 6) is 0. The molecule has 0 atom stereocenters. The Balaban J connectivity index is 1.78. The number of carbonyl (C=O) groups excluding carboxylic acids is 1. The quantitative estimate of drug-likeness (QED) is 0.849. The predicted molar refractivity (Wildman–Crippen MR) is 96.7 cm³/mol. The van der Waals surface area contributed by atoms with E-state index in [4.69, 9.17) is 9.31 Å². The molecule has 130 valence electrons. The maximum Gasteiger partial charge on any atom is 0.495 e. The molecule has 2 fully saturated rings. The third-order valence-electron chi connectivity index (χ3n) is 5.43. The van der Waals surface area contributed by atoms with Crippen LogP contribution in [0.2, 0.25) is 0 Å². The van der Waals surface area contributed by atoms with Gasteiger partial charge in [0.1, 0.15) is 0 Å². The van der Waals surface area contributed by atoms with Crippen LogP contribution in [0.25, 0.3) is 0 Å². The van der Waals surface area contributed by atoms with Gasteiger partial charge in [-0.05, 0) is 65.1 Å². The van der Waals surface area contributed by atoms with Crippen molar-refractivity contribution < 1.29 is 14.1 Å². The van der Waals surface area contributed by atoms with Crippen molar-refractivity contribution in [3.05, 3.63) is 23.8 Å². The monoisotopic (exact) mass is 330 g/mol. The molecule has 2 saturated heterocycles. The van der Waals surface area contributed by atoms with Crippen molar-refractivity contribution in [1.82, 2.24) is 4.90 Å². The number of likely N-dealkylation sites (tertiary alicyclic amines) is 1. The van der Waals surface area contributed by atoms with Crippen LogP contribution in [0.3, 0.4) is 0 Å². The number of hydrogen-bond donors (Lipinski definition) is 1. The van der Waals surface area contributed by atoms with Crippen LogP contribution in [0.1, 0.15) is 46.1 Å². The largest absolute Gasteiger partial charge is 0.495 e. The highest BCUT2D eigenvalue weighted by molar-refractivity contribution is 6.62. The third-order valence-corrected chi connectivity index (χ3v) is 5.43. The van der Waals surface area contributed by atoms with E-state index < -0.39 is 7.12 Å². The van der Waals surface area contributed by atoms with Gasteiger partial charge in [0.2, 0.25) is 0 Å². The smallest absolute Gasteiger partial charge is 0.399 e. The first-order valence-corrected chi connectivity index (χ1v) is 8.72. The molecule has 0 bridgehead atoms. The third kappa shape index (κ3) is 3.17. The van der Waals surface area contributed by atoms with E-state index in [0.717, 1.165) is 42.6 Å².